The first-order valence-electron chi connectivity index (χ1n) is 6.80. The highest BCUT2D eigenvalue weighted by molar-refractivity contribution is 7.17. The van der Waals surface area contributed by atoms with Gasteiger partial charge in [0.2, 0.25) is 0 Å². The fourth-order valence-corrected chi connectivity index (χ4v) is 3.82. The van der Waals surface area contributed by atoms with Crippen molar-refractivity contribution in [1.29, 1.82) is 0 Å². The molecular formula is C17H16ClNOS. The number of benzene rings is 2. The topological polar surface area (TPSA) is 46.2 Å². The third kappa shape index (κ3) is 2.83. The maximum Gasteiger partial charge on any atom is 0.0884 e. The average molecular weight is 318 g/mol. The van der Waals surface area contributed by atoms with Crippen molar-refractivity contribution in [2.45, 2.75) is 12.0 Å². The third-order valence-corrected chi connectivity index (χ3v) is 4.96. The van der Waals surface area contributed by atoms with Crippen LogP contribution in [0.5, 0.6) is 0 Å². The van der Waals surface area contributed by atoms with Crippen molar-refractivity contribution in [3.8, 4) is 0 Å². The van der Waals surface area contributed by atoms with Crippen LogP contribution in [0.15, 0.2) is 53.9 Å². The molecule has 0 radical (unpaired) electrons. The first kappa shape index (κ1) is 14.5. The maximum atomic E-state index is 10.8. The molecule has 0 amide bonds. The van der Waals surface area contributed by atoms with Gasteiger partial charge in [-0.3, -0.25) is 0 Å². The Kier molecular flexibility index (Phi) is 4.27. The molecule has 0 saturated carbocycles. The van der Waals surface area contributed by atoms with Crippen LogP contribution in [0.2, 0.25) is 5.02 Å². The molecule has 108 valence electrons. The maximum absolute atomic E-state index is 10.8. The lowest BCUT2D eigenvalue weighted by atomic mass is 9.89. The zero-order valence-corrected chi connectivity index (χ0v) is 12.9. The van der Waals surface area contributed by atoms with Gasteiger partial charge in [0.15, 0.2) is 0 Å². The van der Waals surface area contributed by atoms with Crippen LogP contribution >= 0.6 is 22.9 Å². The summed E-state index contributed by atoms with van der Waals surface area (Å²) in [4.78, 5) is 0. The molecule has 0 aliphatic carbocycles. The lowest BCUT2D eigenvalue weighted by molar-refractivity contribution is 0.149. The van der Waals surface area contributed by atoms with E-state index in [-0.39, 0.29) is 5.92 Å². The van der Waals surface area contributed by atoms with E-state index in [0.717, 1.165) is 16.5 Å². The summed E-state index contributed by atoms with van der Waals surface area (Å²) in [6, 6.07) is 15.6. The van der Waals surface area contributed by atoms with Gasteiger partial charge >= 0.3 is 0 Å². The van der Waals surface area contributed by atoms with Crippen molar-refractivity contribution in [3.05, 3.63) is 70.1 Å². The molecule has 0 aliphatic heterocycles. The van der Waals surface area contributed by atoms with Crippen molar-refractivity contribution in [1.82, 2.24) is 0 Å². The molecule has 0 fully saturated rings. The molecule has 0 bridgehead atoms. The highest BCUT2D eigenvalue weighted by Crippen LogP contribution is 2.37. The summed E-state index contributed by atoms with van der Waals surface area (Å²) in [5.41, 5.74) is 7.81. The molecule has 1 aromatic heterocycles. The minimum Gasteiger partial charge on any atom is -0.388 e. The molecule has 3 aromatic rings. The second kappa shape index (κ2) is 6.16. The van der Waals surface area contributed by atoms with Gasteiger partial charge in [-0.1, -0.05) is 41.9 Å². The molecule has 0 saturated heterocycles. The zero-order valence-electron chi connectivity index (χ0n) is 11.4. The molecule has 2 atom stereocenters. The zero-order chi connectivity index (χ0) is 14.8. The van der Waals surface area contributed by atoms with E-state index >= 15 is 0 Å². The molecule has 2 unspecified atom stereocenters. The molecular weight excluding hydrogens is 302 g/mol. The minimum absolute atomic E-state index is 0.165. The summed E-state index contributed by atoms with van der Waals surface area (Å²) in [6.07, 6.45) is -0.635. The molecule has 0 spiro atoms. The molecule has 2 aromatic carbocycles. The normalized spacial score (nSPS) is 14.2. The van der Waals surface area contributed by atoms with E-state index in [0.29, 0.717) is 11.6 Å². The van der Waals surface area contributed by atoms with Gasteiger partial charge in [-0.2, -0.15) is 0 Å². The quantitative estimate of drug-likeness (QED) is 0.752. The highest BCUT2D eigenvalue weighted by atomic mass is 35.5. The Morgan fingerprint density at radius 3 is 2.71 bits per heavy atom. The number of aliphatic hydroxyl groups is 1. The van der Waals surface area contributed by atoms with Crippen LogP contribution < -0.4 is 5.73 Å². The Morgan fingerprint density at radius 2 is 1.95 bits per heavy atom. The summed E-state index contributed by atoms with van der Waals surface area (Å²) in [6.45, 7) is 0.367. The highest BCUT2D eigenvalue weighted by Gasteiger charge is 2.24. The van der Waals surface area contributed by atoms with Gasteiger partial charge in [-0.05, 0) is 40.1 Å². The summed E-state index contributed by atoms with van der Waals surface area (Å²) >= 11 is 7.69. The van der Waals surface area contributed by atoms with Crippen LogP contribution in [-0.4, -0.2) is 11.7 Å². The Hall–Kier alpha value is -1.39. The van der Waals surface area contributed by atoms with Crippen LogP contribution in [-0.2, 0) is 0 Å². The molecule has 0 aliphatic rings. The van der Waals surface area contributed by atoms with Gasteiger partial charge in [-0.25, -0.2) is 0 Å². The van der Waals surface area contributed by atoms with Gasteiger partial charge in [0.25, 0.3) is 0 Å². The van der Waals surface area contributed by atoms with Gasteiger partial charge in [0, 0.05) is 22.2 Å². The monoisotopic (exact) mass is 317 g/mol. The van der Waals surface area contributed by atoms with E-state index < -0.39 is 6.10 Å². The van der Waals surface area contributed by atoms with Crippen molar-refractivity contribution >= 4 is 33.0 Å². The van der Waals surface area contributed by atoms with E-state index in [1.165, 1.54) is 4.70 Å². The summed E-state index contributed by atoms with van der Waals surface area (Å²) in [5, 5.41) is 14.6. The SMILES string of the molecule is NCC(c1cccc(Cl)c1)C(O)c1csc2ccccc12. The number of hydrogen-bond donors (Lipinski definition) is 2. The van der Waals surface area contributed by atoms with Crippen molar-refractivity contribution in [2.24, 2.45) is 5.73 Å². The van der Waals surface area contributed by atoms with Gasteiger partial charge in [0.1, 0.15) is 0 Å². The smallest absolute Gasteiger partial charge is 0.0884 e. The number of thiophene rings is 1. The number of nitrogens with two attached hydrogens (primary N) is 1. The van der Waals surface area contributed by atoms with Crippen molar-refractivity contribution in [3.63, 3.8) is 0 Å². The fraction of sp³-hybridized carbons (Fsp3) is 0.176. The van der Waals surface area contributed by atoms with E-state index in [1.807, 2.05) is 47.8 Å². The predicted molar refractivity (Wildman–Crippen MR) is 90.0 cm³/mol. The van der Waals surface area contributed by atoms with Crippen LogP contribution in [0.25, 0.3) is 10.1 Å². The minimum atomic E-state index is -0.635. The van der Waals surface area contributed by atoms with E-state index in [2.05, 4.69) is 6.07 Å². The standard InChI is InChI=1S/C17H16ClNOS/c18-12-5-3-4-11(8-12)14(9-19)17(20)15-10-21-16-7-2-1-6-13(15)16/h1-8,10,14,17,20H,9,19H2. The molecule has 21 heavy (non-hydrogen) atoms. The second-order valence-corrected chi connectivity index (χ2v) is 6.38. The Morgan fingerprint density at radius 1 is 1.14 bits per heavy atom. The average Bonchev–Trinajstić information content (AvgIpc) is 2.92. The first-order chi connectivity index (χ1) is 10.2. The predicted octanol–water partition coefficient (Wildman–Crippen LogP) is 4.33. The van der Waals surface area contributed by atoms with Gasteiger partial charge in [0.05, 0.1) is 6.10 Å². The van der Waals surface area contributed by atoms with Crippen LogP contribution in [0.3, 0.4) is 0 Å². The van der Waals surface area contributed by atoms with Crippen LogP contribution in [0.1, 0.15) is 23.1 Å². The number of rotatable bonds is 4. The fourth-order valence-electron chi connectivity index (χ4n) is 2.63. The Bertz CT molecular complexity index is 755. The second-order valence-electron chi connectivity index (χ2n) is 5.03. The number of fused-ring (bicyclic) bond motifs is 1. The number of halogens is 1. The van der Waals surface area contributed by atoms with E-state index in [9.17, 15) is 5.11 Å². The molecule has 1 heterocycles. The van der Waals surface area contributed by atoms with Crippen LogP contribution in [0, 0.1) is 0 Å². The van der Waals surface area contributed by atoms with Crippen molar-refractivity contribution in [2.75, 3.05) is 6.54 Å². The molecule has 3 rings (SSSR count). The molecule has 4 heteroatoms. The number of aliphatic hydroxyl groups excluding tert-OH is 1. The van der Waals surface area contributed by atoms with Crippen molar-refractivity contribution < 1.29 is 5.11 Å². The molecule has 3 N–H and O–H groups in total. The van der Waals surface area contributed by atoms with Gasteiger partial charge in [-0.15, -0.1) is 11.3 Å². The molecule has 2 nitrogen and oxygen atoms in total. The summed E-state index contributed by atoms with van der Waals surface area (Å²) < 4.78 is 1.17. The lowest BCUT2D eigenvalue weighted by Gasteiger charge is -2.22. The first-order valence-corrected chi connectivity index (χ1v) is 8.06. The Labute approximate surface area is 132 Å². The van der Waals surface area contributed by atoms with Crippen LogP contribution in [0.4, 0.5) is 0 Å². The largest absolute Gasteiger partial charge is 0.388 e. The van der Waals surface area contributed by atoms with E-state index in [4.69, 9.17) is 17.3 Å². The third-order valence-electron chi connectivity index (χ3n) is 3.74. The van der Waals surface area contributed by atoms with E-state index in [1.54, 1.807) is 11.3 Å². The lowest BCUT2D eigenvalue weighted by Crippen LogP contribution is -2.20. The Balaban J connectivity index is 2.01. The van der Waals surface area contributed by atoms with Gasteiger partial charge < -0.3 is 10.8 Å². The summed E-state index contributed by atoms with van der Waals surface area (Å²) in [7, 11) is 0. The number of hydrogen-bond acceptors (Lipinski definition) is 3. The summed E-state index contributed by atoms with van der Waals surface area (Å²) in [5.74, 6) is -0.165.